The zero-order valence-electron chi connectivity index (χ0n) is 14.1. The maximum absolute atomic E-state index is 12.3. The Bertz CT molecular complexity index is 854. The van der Waals surface area contributed by atoms with Gasteiger partial charge in [0.05, 0.1) is 6.42 Å². The van der Waals surface area contributed by atoms with Gasteiger partial charge in [-0.15, -0.1) is 0 Å². The quantitative estimate of drug-likeness (QED) is 0.474. The topological polar surface area (TPSA) is 86.5 Å². The molecule has 0 aliphatic carbocycles. The van der Waals surface area contributed by atoms with Crippen molar-refractivity contribution in [2.45, 2.75) is 32.3 Å². The number of carbonyl (C=O) groups is 1. The standard InChI is InChI=1S/C17H21N5OS/c1-10-6-11(2)16-14(7-10)13(12(3)21-16)8-15(23)18-4-5-24-17-19-9-20-22-17/h6-7,9,21H,4-5,8H2,1-3H3,(H,18,23)(H,19,20,22). The van der Waals surface area contributed by atoms with Crippen LogP contribution in [0.25, 0.3) is 10.9 Å². The number of aromatic nitrogens is 4. The molecule has 3 aromatic rings. The first kappa shape index (κ1) is 16.6. The number of benzene rings is 1. The molecule has 126 valence electrons. The monoisotopic (exact) mass is 343 g/mol. The van der Waals surface area contributed by atoms with Crippen molar-refractivity contribution in [3.8, 4) is 0 Å². The first-order chi connectivity index (χ1) is 11.5. The Labute approximate surface area is 144 Å². The second kappa shape index (κ2) is 7.09. The van der Waals surface area contributed by atoms with Crippen LogP contribution in [-0.2, 0) is 11.2 Å². The number of hydrogen-bond donors (Lipinski definition) is 3. The fourth-order valence-electron chi connectivity index (χ4n) is 2.89. The lowest BCUT2D eigenvalue weighted by Gasteiger charge is -2.06. The van der Waals surface area contributed by atoms with Crippen molar-refractivity contribution in [2.24, 2.45) is 0 Å². The number of nitrogens with zero attached hydrogens (tertiary/aromatic N) is 2. The number of thioether (sulfide) groups is 1. The molecule has 24 heavy (non-hydrogen) atoms. The summed E-state index contributed by atoms with van der Waals surface area (Å²) in [6.45, 7) is 6.80. The van der Waals surface area contributed by atoms with Crippen LogP contribution >= 0.6 is 11.8 Å². The number of aryl methyl sites for hydroxylation is 3. The fourth-order valence-corrected chi connectivity index (χ4v) is 3.53. The molecule has 0 saturated heterocycles. The number of nitrogens with one attached hydrogen (secondary N) is 3. The zero-order valence-corrected chi connectivity index (χ0v) is 14.9. The van der Waals surface area contributed by atoms with Crippen molar-refractivity contribution in [3.63, 3.8) is 0 Å². The minimum absolute atomic E-state index is 0.0383. The minimum atomic E-state index is 0.0383. The van der Waals surface area contributed by atoms with E-state index in [1.807, 2.05) is 6.92 Å². The summed E-state index contributed by atoms with van der Waals surface area (Å²) in [5.41, 5.74) is 5.69. The number of hydrogen-bond acceptors (Lipinski definition) is 4. The molecule has 2 heterocycles. The van der Waals surface area contributed by atoms with Crippen LogP contribution < -0.4 is 5.32 Å². The number of H-pyrrole nitrogens is 2. The molecule has 0 fully saturated rings. The van der Waals surface area contributed by atoms with Gasteiger partial charge in [-0.25, -0.2) is 4.98 Å². The van der Waals surface area contributed by atoms with Gasteiger partial charge in [0.25, 0.3) is 0 Å². The smallest absolute Gasteiger partial charge is 0.224 e. The van der Waals surface area contributed by atoms with Crippen LogP contribution in [0.4, 0.5) is 0 Å². The normalized spacial score (nSPS) is 11.1. The molecule has 0 spiro atoms. The second-order valence-electron chi connectivity index (χ2n) is 5.90. The van der Waals surface area contributed by atoms with Gasteiger partial charge in [-0.2, -0.15) is 5.10 Å². The van der Waals surface area contributed by atoms with Gasteiger partial charge in [-0.1, -0.05) is 23.4 Å². The van der Waals surface area contributed by atoms with Crippen LogP contribution in [-0.4, -0.2) is 38.4 Å². The average Bonchev–Trinajstić information content (AvgIpc) is 3.14. The van der Waals surface area contributed by atoms with E-state index in [9.17, 15) is 4.79 Å². The SMILES string of the molecule is Cc1cc(C)c2[nH]c(C)c(CC(=O)NCCSc3ncn[nH]3)c2c1. The van der Waals surface area contributed by atoms with E-state index in [-0.39, 0.29) is 5.91 Å². The molecule has 0 aliphatic rings. The maximum atomic E-state index is 12.3. The van der Waals surface area contributed by atoms with Crippen molar-refractivity contribution in [1.29, 1.82) is 0 Å². The Morgan fingerprint density at radius 3 is 2.88 bits per heavy atom. The average molecular weight is 343 g/mol. The second-order valence-corrected chi connectivity index (χ2v) is 6.98. The highest BCUT2D eigenvalue weighted by Gasteiger charge is 2.14. The van der Waals surface area contributed by atoms with Gasteiger partial charge in [-0.3, -0.25) is 9.89 Å². The lowest BCUT2D eigenvalue weighted by molar-refractivity contribution is -0.120. The summed E-state index contributed by atoms with van der Waals surface area (Å²) in [5, 5.41) is 11.5. The predicted molar refractivity (Wildman–Crippen MR) is 96.3 cm³/mol. The number of fused-ring (bicyclic) bond motifs is 1. The summed E-state index contributed by atoms with van der Waals surface area (Å²) >= 11 is 1.54. The zero-order chi connectivity index (χ0) is 17.1. The lowest BCUT2D eigenvalue weighted by Crippen LogP contribution is -2.27. The highest BCUT2D eigenvalue weighted by Crippen LogP contribution is 2.26. The summed E-state index contributed by atoms with van der Waals surface area (Å²) in [7, 11) is 0. The molecule has 1 amide bonds. The Balaban J connectivity index is 1.62. The molecular weight excluding hydrogens is 322 g/mol. The molecule has 3 N–H and O–H groups in total. The molecule has 0 aliphatic heterocycles. The Morgan fingerprint density at radius 1 is 1.29 bits per heavy atom. The fraction of sp³-hybridized carbons (Fsp3) is 0.353. The number of rotatable bonds is 6. The third-order valence-corrected chi connectivity index (χ3v) is 4.84. The van der Waals surface area contributed by atoms with Gasteiger partial charge in [0.1, 0.15) is 6.33 Å². The summed E-state index contributed by atoms with van der Waals surface area (Å²) < 4.78 is 0. The molecule has 3 rings (SSSR count). The van der Waals surface area contributed by atoms with Crippen LogP contribution in [0.15, 0.2) is 23.6 Å². The van der Waals surface area contributed by atoms with Crippen LogP contribution in [0.3, 0.4) is 0 Å². The highest BCUT2D eigenvalue weighted by molar-refractivity contribution is 7.99. The van der Waals surface area contributed by atoms with Gasteiger partial charge < -0.3 is 10.3 Å². The Kier molecular flexibility index (Phi) is 4.89. The number of carbonyl (C=O) groups excluding carboxylic acids is 1. The van der Waals surface area contributed by atoms with Crippen molar-refractivity contribution < 1.29 is 4.79 Å². The Hall–Kier alpha value is -2.28. The molecule has 1 aromatic carbocycles. The van der Waals surface area contributed by atoms with E-state index in [1.165, 1.54) is 29.2 Å². The molecule has 0 saturated carbocycles. The van der Waals surface area contributed by atoms with Crippen LogP contribution in [0, 0.1) is 20.8 Å². The largest absolute Gasteiger partial charge is 0.358 e. The Morgan fingerprint density at radius 2 is 2.12 bits per heavy atom. The summed E-state index contributed by atoms with van der Waals surface area (Å²) in [6, 6.07) is 4.30. The minimum Gasteiger partial charge on any atom is -0.358 e. The molecule has 0 bridgehead atoms. The van der Waals surface area contributed by atoms with Gasteiger partial charge in [0.2, 0.25) is 5.91 Å². The number of amides is 1. The molecule has 0 unspecified atom stereocenters. The molecular formula is C17H21N5OS. The van der Waals surface area contributed by atoms with Gasteiger partial charge in [0, 0.05) is 28.9 Å². The predicted octanol–water partition coefficient (Wildman–Crippen LogP) is 2.66. The van der Waals surface area contributed by atoms with Crippen molar-refractivity contribution >= 4 is 28.6 Å². The van der Waals surface area contributed by atoms with E-state index in [4.69, 9.17) is 0 Å². The van der Waals surface area contributed by atoms with E-state index in [0.29, 0.717) is 13.0 Å². The lowest BCUT2D eigenvalue weighted by atomic mass is 10.0. The van der Waals surface area contributed by atoms with Crippen molar-refractivity contribution in [3.05, 3.63) is 40.8 Å². The third kappa shape index (κ3) is 3.62. The van der Waals surface area contributed by atoms with Gasteiger partial charge >= 0.3 is 0 Å². The van der Waals surface area contributed by atoms with Gasteiger partial charge in [0.15, 0.2) is 5.16 Å². The first-order valence-corrected chi connectivity index (χ1v) is 8.86. The van der Waals surface area contributed by atoms with Crippen LogP contribution in [0.5, 0.6) is 0 Å². The molecule has 6 nitrogen and oxygen atoms in total. The third-order valence-electron chi connectivity index (χ3n) is 3.96. The van der Waals surface area contributed by atoms with E-state index in [0.717, 1.165) is 33.1 Å². The first-order valence-electron chi connectivity index (χ1n) is 7.88. The van der Waals surface area contributed by atoms with Crippen LogP contribution in [0.1, 0.15) is 22.4 Å². The van der Waals surface area contributed by atoms with Crippen molar-refractivity contribution in [2.75, 3.05) is 12.3 Å². The maximum Gasteiger partial charge on any atom is 0.224 e. The number of aromatic amines is 2. The van der Waals surface area contributed by atoms with Gasteiger partial charge in [-0.05, 0) is 38.0 Å². The summed E-state index contributed by atoms with van der Waals surface area (Å²) in [6.07, 6.45) is 1.87. The molecule has 0 radical (unpaired) electrons. The molecule has 7 heteroatoms. The summed E-state index contributed by atoms with van der Waals surface area (Å²) in [5.74, 6) is 0.794. The van der Waals surface area contributed by atoms with E-state index in [1.54, 1.807) is 0 Å². The van der Waals surface area contributed by atoms with E-state index in [2.05, 4.69) is 51.5 Å². The van der Waals surface area contributed by atoms with Crippen molar-refractivity contribution in [1.82, 2.24) is 25.5 Å². The van der Waals surface area contributed by atoms with E-state index < -0.39 is 0 Å². The highest BCUT2D eigenvalue weighted by atomic mass is 32.2. The van der Waals surface area contributed by atoms with Crippen LogP contribution in [0.2, 0.25) is 0 Å². The molecule has 0 atom stereocenters. The molecule has 2 aromatic heterocycles. The van der Waals surface area contributed by atoms with E-state index >= 15 is 0 Å². The summed E-state index contributed by atoms with van der Waals surface area (Å²) in [4.78, 5) is 19.7.